The van der Waals surface area contributed by atoms with Gasteiger partial charge in [-0.05, 0) is 13.3 Å². The Morgan fingerprint density at radius 2 is 2.25 bits per heavy atom. The lowest BCUT2D eigenvalue weighted by Crippen LogP contribution is -2.13. The summed E-state index contributed by atoms with van der Waals surface area (Å²) in [4.78, 5) is 4.20. The zero-order chi connectivity index (χ0) is 11.8. The van der Waals surface area contributed by atoms with Crippen LogP contribution in [0, 0.1) is 0 Å². The SMILES string of the molecule is CCOCCc1noc(C(N)CCOC)n1. The van der Waals surface area contributed by atoms with Crippen LogP contribution in [-0.2, 0) is 15.9 Å². The summed E-state index contributed by atoms with van der Waals surface area (Å²) in [6.45, 7) is 3.82. The van der Waals surface area contributed by atoms with Crippen molar-refractivity contribution in [2.24, 2.45) is 5.73 Å². The van der Waals surface area contributed by atoms with Gasteiger partial charge in [0.2, 0.25) is 5.89 Å². The topological polar surface area (TPSA) is 83.4 Å². The molecule has 92 valence electrons. The number of nitrogens with two attached hydrogens (primary N) is 1. The van der Waals surface area contributed by atoms with E-state index in [4.69, 9.17) is 19.7 Å². The smallest absolute Gasteiger partial charge is 0.243 e. The fraction of sp³-hybridized carbons (Fsp3) is 0.800. The minimum atomic E-state index is -0.256. The quantitative estimate of drug-likeness (QED) is 0.660. The van der Waals surface area contributed by atoms with Crippen LogP contribution in [0.25, 0.3) is 0 Å². The van der Waals surface area contributed by atoms with Gasteiger partial charge in [-0.2, -0.15) is 4.98 Å². The van der Waals surface area contributed by atoms with Crippen LogP contribution in [0.4, 0.5) is 0 Å². The second kappa shape index (κ2) is 7.32. The average molecular weight is 229 g/mol. The van der Waals surface area contributed by atoms with Gasteiger partial charge in [-0.3, -0.25) is 0 Å². The largest absolute Gasteiger partial charge is 0.385 e. The first-order valence-electron chi connectivity index (χ1n) is 5.42. The molecule has 0 bridgehead atoms. The molecule has 1 heterocycles. The summed E-state index contributed by atoms with van der Waals surface area (Å²) in [5.74, 6) is 1.10. The molecule has 0 radical (unpaired) electrons. The third-order valence-electron chi connectivity index (χ3n) is 2.11. The lowest BCUT2D eigenvalue weighted by molar-refractivity contribution is 0.149. The van der Waals surface area contributed by atoms with Gasteiger partial charge < -0.3 is 19.7 Å². The van der Waals surface area contributed by atoms with E-state index in [2.05, 4.69) is 10.1 Å². The van der Waals surface area contributed by atoms with Crippen molar-refractivity contribution in [1.82, 2.24) is 10.1 Å². The Balaban J connectivity index is 2.37. The minimum Gasteiger partial charge on any atom is -0.385 e. The minimum absolute atomic E-state index is 0.256. The molecule has 16 heavy (non-hydrogen) atoms. The average Bonchev–Trinajstić information content (AvgIpc) is 2.75. The summed E-state index contributed by atoms with van der Waals surface area (Å²) in [5, 5.41) is 3.83. The van der Waals surface area contributed by atoms with E-state index in [1.807, 2.05) is 6.92 Å². The highest BCUT2D eigenvalue weighted by atomic mass is 16.5. The highest BCUT2D eigenvalue weighted by Crippen LogP contribution is 2.11. The molecule has 0 aliphatic carbocycles. The van der Waals surface area contributed by atoms with Crippen molar-refractivity contribution in [3.63, 3.8) is 0 Å². The van der Waals surface area contributed by atoms with Gasteiger partial charge in [0.05, 0.1) is 12.6 Å². The van der Waals surface area contributed by atoms with Gasteiger partial charge in [0, 0.05) is 26.7 Å². The maximum absolute atomic E-state index is 5.84. The molecule has 0 fully saturated rings. The van der Waals surface area contributed by atoms with Crippen LogP contribution in [0.1, 0.15) is 31.1 Å². The Morgan fingerprint density at radius 3 is 2.94 bits per heavy atom. The van der Waals surface area contributed by atoms with E-state index < -0.39 is 0 Å². The van der Waals surface area contributed by atoms with Gasteiger partial charge >= 0.3 is 0 Å². The van der Waals surface area contributed by atoms with Crippen molar-refractivity contribution in [2.45, 2.75) is 25.8 Å². The third kappa shape index (κ3) is 4.26. The number of nitrogens with zero attached hydrogens (tertiary/aromatic N) is 2. The Morgan fingerprint density at radius 1 is 1.44 bits per heavy atom. The molecule has 0 spiro atoms. The zero-order valence-electron chi connectivity index (χ0n) is 9.81. The highest BCUT2D eigenvalue weighted by molar-refractivity contribution is 4.91. The molecular formula is C10H19N3O3. The van der Waals surface area contributed by atoms with Crippen LogP contribution in [0.3, 0.4) is 0 Å². The normalized spacial score (nSPS) is 12.9. The van der Waals surface area contributed by atoms with Crippen LogP contribution < -0.4 is 5.73 Å². The number of hydrogen-bond donors (Lipinski definition) is 1. The first-order valence-corrected chi connectivity index (χ1v) is 5.42. The molecule has 0 saturated carbocycles. The second-order valence-electron chi connectivity index (χ2n) is 3.38. The van der Waals surface area contributed by atoms with Crippen LogP contribution in [0.5, 0.6) is 0 Å². The number of methoxy groups -OCH3 is 1. The van der Waals surface area contributed by atoms with Crippen LogP contribution in [0.15, 0.2) is 4.52 Å². The van der Waals surface area contributed by atoms with Crippen LogP contribution >= 0.6 is 0 Å². The van der Waals surface area contributed by atoms with E-state index in [0.717, 1.165) is 0 Å². The fourth-order valence-corrected chi connectivity index (χ4v) is 1.20. The lowest BCUT2D eigenvalue weighted by atomic mass is 10.2. The molecule has 6 nitrogen and oxygen atoms in total. The molecule has 2 N–H and O–H groups in total. The molecule has 1 unspecified atom stereocenters. The van der Waals surface area contributed by atoms with E-state index in [0.29, 0.717) is 44.4 Å². The number of rotatable bonds is 8. The van der Waals surface area contributed by atoms with E-state index in [9.17, 15) is 0 Å². The number of ether oxygens (including phenoxy) is 2. The van der Waals surface area contributed by atoms with E-state index in [1.54, 1.807) is 7.11 Å². The van der Waals surface area contributed by atoms with Gasteiger partial charge in [-0.15, -0.1) is 0 Å². The molecule has 1 aromatic rings. The zero-order valence-corrected chi connectivity index (χ0v) is 9.81. The molecular weight excluding hydrogens is 210 g/mol. The van der Waals surface area contributed by atoms with Gasteiger partial charge in [-0.25, -0.2) is 0 Å². The molecule has 1 rings (SSSR count). The Kier molecular flexibility index (Phi) is 5.99. The Bertz CT molecular complexity index is 291. The van der Waals surface area contributed by atoms with Crippen molar-refractivity contribution >= 4 is 0 Å². The molecule has 1 atom stereocenters. The van der Waals surface area contributed by atoms with Gasteiger partial charge in [0.1, 0.15) is 0 Å². The first-order chi connectivity index (χ1) is 7.77. The Labute approximate surface area is 95.1 Å². The van der Waals surface area contributed by atoms with Crippen LogP contribution in [-0.4, -0.2) is 37.1 Å². The van der Waals surface area contributed by atoms with Crippen LogP contribution in [0.2, 0.25) is 0 Å². The highest BCUT2D eigenvalue weighted by Gasteiger charge is 2.14. The third-order valence-corrected chi connectivity index (χ3v) is 2.11. The summed E-state index contributed by atoms with van der Waals surface area (Å²) in [5.41, 5.74) is 5.84. The predicted octanol–water partition coefficient (Wildman–Crippen LogP) is 0.685. The summed E-state index contributed by atoms with van der Waals surface area (Å²) >= 11 is 0. The molecule has 1 aromatic heterocycles. The van der Waals surface area contributed by atoms with Crippen molar-refractivity contribution in [3.05, 3.63) is 11.7 Å². The molecule has 0 aliphatic rings. The number of aromatic nitrogens is 2. The maximum Gasteiger partial charge on any atom is 0.243 e. The molecule has 0 saturated heterocycles. The van der Waals surface area contributed by atoms with Gasteiger partial charge in [0.25, 0.3) is 0 Å². The second-order valence-corrected chi connectivity index (χ2v) is 3.38. The monoisotopic (exact) mass is 229 g/mol. The van der Waals surface area contributed by atoms with Gasteiger partial charge in [0.15, 0.2) is 5.82 Å². The van der Waals surface area contributed by atoms with Gasteiger partial charge in [-0.1, -0.05) is 5.16 Å². The van der Waals surface area contributed by atoms with E-state index in [1.165, 1.54) is 0 Å². The van der Waals surface area contributed by atoms with E-state index in [-0.39, 0.29) is 6.04 Å². The first kappa shape index (κ1) is 13.1. The summed E-state index contributed by atoms with van der Waals surface area (Å²) in [7, 11) is 1.63. The lowest BCUT2D eigenvalue weighted by Gasteiger charge is -2.04. The van der Waals surface area contributed by atoms with Crippen molar-refractivity contribution < 1.29 is 14.0 Å². The predicted molar refractivity (Wildman–Crippen MR) is 57.9 cm³/mol. The molecule has 0 aromatic carbocycles. The summed E-state index contributed by atoms with van der Waals surface area (Å²) < 4.78 is 15.2. The molecule has 0 amide bonds. The van der Waals surface area contributed by atoms with E-state index >= 15 is 0 Å². The molecule has 0 aliphatic heterocycles. The number of hydrogen-bond acceptors (Lipinski definition) is 6. The van der Waals surface area contributed by atoms with Crippen molar-refractivity contribution in [3.8, 4) is 0 Å². The van der Waals surface area contributed by atoms with Crippen molar-refractivity contribution in [1.29, 1.82) is 0 Å². The molecule has 6 heteroatoms. The maximum atomic E-state index is 5.84. The summed E-state index contributed by atoms with van der Waals surface area (Å²) in [6, 6.07) is -0.256. The fourth-order valence-electron chi connectivity index (χ4n) is 1.20. The Hall–Kier alpha value is -0.980. The van der Waals surface area contributed by atoms with Crippen molar-refractivity contribution in [2.75, 3.05) is 26.9 Å². The standard InChI is InChI=1S/C10H19N3O3/c1-3-15-7-5-9-12-10(16-13-9)8(11)4-6-14-2/h8H,3-7,11H2,1-2H3. The summed E-state index contributed by atoms with van der Waals surface area (Å²) in [6.07, 6.45) is 1.32.